The quantitative estimate of drug-likeness (QED) is 0.656. The third-order valence-corrected chi connectivity index (χ3v) is 5.90. The van der Waals surface area contributed by atoms with Gasteiger partial charge >= 0.3 is 0 Å². The van der Waals surface area contributed by atoms with E-state index >= 15 is 0 Å². The molecule has 0 aromatic carbocycles. The molecule has 1 saturated heterocycles. The second-order valence-electron chi connectivity index (χ2n) is 8.76. The van der Waals surface area contributed by atoms with Crippen LogP contribution in [0.4, 0.5) is 0 Å². The van der Waals surface area contributed by atoms with Gasteiger partial charge in [-0.25, -0.2) is 0 Å². The third-order valence-electron chi connectivity index (χ3n) is 2.88. The molecule has 1 rings (SSSR count). The molecule has 0 N–H and O–H groups in total. The largest absolute Gasteiger partial charge is 0.415 e. The first-order valence-corrected chi connectivity index (χ1v) is 18.1. The zero-order chi connectivity index (χ0) is 16.5. The number of hydrogen-bond acceptors (Lipinski definition) is 4. The normalized spacial score (nSPS) is 28.1. The fourth-order valence-electron chi connectivity index (χ4n) is 2.24. The van der Waals surface area contributed by atoms with Gasteiger partial charge in [-0.3, -0.25) is 0 Å². The highest BCUT2D eigenvalue weighted by molar-refractivity contribution is 6.70. The molecule has 0 aliphatic carbocycles. The van der Waals surface area contributed by atoms with Gasteiger partial charge in [-0.15, -0.1) is 0 Å². The molecule has 1 aliphatic rings. The molecule has 1 heterocycles. The average molecular weight is 351 g/mol. The van der Waals surface area contributed by atoms with E-state index in [1.54, 1.807) is 0 Å². The average Bonchev–Trinajstić information content (AvgIpc) is 2.52. The molecule has 0 aromatic rings. The van der Waals surface area contributed by atoms with Gasteiger partial charge in [0.1, 0.15) is 12.2 Å². The fraction of sp³-hybridized carbons (Fsp3) is 1.00. The molecule has 3 atom stereocenters. The van der Waals surface area contributed by atoms with E-state index in [9.17, 15) is 0 Å². The summed E-state index contributed by atoms with van der Waals surface area (Å²) in [5.74, 6) is 0. The van der Waals surface area contributed by atoms with E-state index in [0.717, 1.165) is 0 Å². The molecule has 126 valence electrons. The maximum Gasteiger partial charge on any atom is 0.184 e. The van der Waals surface area contributed by atoms with Crippen LogP contribution in [0.2, 0.25) is 58.9 Å². The molecule has 0 saturated carbocycles. The van der Waals surface area contributed by atoms with Crippen LogP contribution >= 0.6 is 0 Å². The Balaban J connectivity index is 2.74. The predicted octanol–water partition coefficient (Wildman–Crippen LogP) is 3.68. The van der Waals surface area contributed by atoms with Crippen LogP contribution in [-0.4, -0.2) is 56.5 Å². The fourth-order valence-corrected chi connectivity index (χ4v) is 5.13. The van der Waals surface area contributed by atoms with Gasteiger partial charge in [0.2, 0.25) is 0 Å². The molecule has 7 heteroatoms. The summed E-state index contributed by atoms with van der Waals surface area (Å²) >= 11 is 0. The number of rotatable bonds is 7. The first-order chi connectivity index (χ1) is 9.27. The smallest absolute Gasteiger partial charge is 0.184 e. The summed E-state index contributed by atoms with van der Waals surface area (Å²) in [6.07, 6.45) is 0.0724. The van der Waals surface area contributed by atoms with E-state index in [4.69, 9.17) is 18.0 Å². The van der Waals surface area contributed by atoms with Crippen LogP contribution in [0, 0.1) is 0 Å². The van der Waals surface area contributed by atoms with Crippen LogP contribution in [0.3, 0.4) is 0 Å². The van der Waals surface area contributed by atoms with Crippen molar-refractivity contribution < 1.29 is 18.0 Å². The van der Waals surface area contributed by atoms with Crippen LogP contribution in [0.25, 0.3) is 0 Å². The number of ether oxygens (including phenoxy) is 1. The van der Waals surface area contributed by atoms with E-state index in [2.05, 4.69) is 58.9 Å². The summed E-state index contributed by atoms with van der Waals surface area (Å²) in [4.78, 5) is 0. The topological polar surface area (TPSA) is 36.9 Å². The molecule has 0 bridgehead atoms. The lowest BCUT2D eigenvalue weighted by Gasteiger charge is -2.33. The summed E-state index contributed by atoms with van der Waals surface area (Å²) in [5.41, 5.74) is 0. The summed E-state index contributed by atoms with van der Waals surface area (Å²) in [6.45, 7) is 21.1. The van der Waals surface area contributed by atoms with Crippen molar-refractivity contribution in [2.75, 3.05) is 13.2 Å². The van der Waals surface area contributed by atoms with Gasteiger partial charge in [0.15, 0.2) is 25.0 Å². The summed E-state index contributed by atoms with van der Waals surface area (Å²) in [7, 11) is -4.79. The van der Waals surface area contributed by atoms with Gasteiger partial charge in [0.05, 0.1) is 19.3 Å². The van der Waals surface area contributed by atoms with Crippen LogP contribution in [-0.2, 0) is 18.0 Å². The van der Waals surface area contributed by atoms with Crippen molar-refractivity contribution >= 4 is 25.0 Å². The van der Waals surface area contributed by atoms with E-state index in [-0.39, 0.29) is 18.3 Å². The van der Waals surface area contributed by atoms with Crippen molar-refractivity contribution in [3.63, 3.8) is 0 Å². The van der Waals surface area contributed by atoms with Gasteiger partial charge in [-0.05, 0) is 58.9 Å². The van der Waals surface area contributed by atoms with E-state index in [1.165, 1.54) is 0 Å². The Bertz CT molecular complexity index is 331. The molecule has 1 aliphatic heterocycles. The predicted molar refractivity (Wildman–Crippen MR) is 95.5 cm³/mol. The summed E-state index contributed by atoms with van der Waals surface area (Å²) in [5, 5.41) is 0. The second-order valence-corrected chi connectivity index (χ2v) is 22.2. The van der Waals surface area contributed by atoms with Crippen LogP contribution in [0.1, 0.15) is 0 Å². The standard InChI is InChI=1S/C14H34O4Si3/c1-19(2,3)16-11-12-14(18-21(7,8)9)13(10-15-12)17-20(4,5)6/h12-14H,10-11H2,1-9H3. The SMILES string of the molecule is C[Si](C)(C)OCC1OCC(O[Si](C)(C)C)C1O[Si](C)(C)C. The molecule has 0 radical (unpaired) electrons. The molecule has 0 amide bonds. The van der Waals surface area contributed by atoms with E-state index in [1.807, 2.05) is 0 Å². The van der Waals surface area contributed by atoms with Gasteiger partial charge < -0.3 is 18.0 Å². The van der Waals surface area contributed by atoms with Crippen molar-refractivity contribution in [2.24, 2.45) is 0 Å². The van der Waals surface area contributed by atoms with Crippen LogP contribution in [0.5, 0.6) is 0 Å². The Hall–Kier alpha value is 0.491. The minimum Gasteiger partial charge on any atom is -0.415 e. The van der Waals surface area contributed by atoms with Crippen molar-refractivity contribution in [1.29, 1.82) is 0 Å². The zero-order valence-electron chi connectivity index (χ0n) is 15.3. The van der Waals surface area contributed by atoms with Crippen molar-refractivity contribution in [1.82, 2.24) is 0 Å². The Morgan fingerprint density at radius 3 is 1.76 bits per heavy atom. The van der Waals surface area contributed by atoms with Crippen molar-refractivity contribution in [2.45, 2.75) is 77.2 Å². The third kappa shape index (κ3) is 8.06. The molecule has 1 fully saturated rings. The van der Waals surface area contributed by atoms with E-state index in [0.29, 0.717) is 13.2 Å². The van der Waals surface area contributed by atoms with Gasteiger partial charge in [0, 0.05) is 0 Å². The van der Waals surface area contributed by atoms with Gasteiger partial charge in [-0.1, -0.05) is 0 Å². The Kier molecular flexibility index (Phi) is 6.46. The molecule has 4 nitrogen and oxygen atoms in total. The highest BCUT2D eigenvalue weighted by Gasteiger charge is 2.43. The lowest BCUT2D eigenvalue weighted by molar-refractivity contribution is 0.00936. The van der Waals surface area contributed by atoms with Crippen LogP contribution in [0.15, 0.2) is 0 Å². The maximum absolute atomic E-state index is 6.38. The van der Waals surface area contributed by atoms with Crippen molar-refractivity contribution in [3.8, 4) is 0 Å². The van der Waals surface area contributed by atoms with Crippen LogP contribution < -0.4 is 0 Å². The first kappa shape index (κ1) is 19.5. The summed E-state index contributed by atoms with van der Waals surface area (Å²) in [6, 6.07) is 0. The molecule has 21 heavy (non-hydrogen) atoms. The van der Waals surface area contributed by atoms with Crippen molar-refractivity contribution in [3.05, 3.63) is 0 Å². The molecule has 0 aromatic heterocycles. The first-order valence-electron chi connectivity index (χ1n) is 7.88. The van der Waals surface area contributed by atoms with Gasteiger partial charge in [0.25, 0.3) is 0 Å². The molecule has 3 unspecified atom stereocenters. The Labute approximate surface area is 133 Å². The van der Waals surface area contributed by atoms with Gasteiger partial charge in [-0.2, -0.15) is 0 Å². The number of hydrogen-bond donors (Lipinski definition) is 0. The lowest BCUT2D eigenvalue weighted by atomic mass is 10.2. The molecular formula is C14H34O4Si3. The Morgan fingerprint density at radius 1 is 0.810 bits per heavy atom. The monoisotopic (exact) mass is 350 g/mol. The minimum absolute atomic E-state index is 0.00444. The zero-order valence-corrected chi connectivity index (χ0v) is 18.3. The van der Waals surface area contributed by atoms with E-state index < -0.39 is 25.0 Å². The Morgan fingerprint density at radius 2 is 1.33 bits per heavy atom. The minimum atomic E-state index is -1.64. The second kappa shape index (κ2) is 6.94. The summed E-state index contributed by atoms with van der Waals surface area (Å²) < 4.78 is 24.7. The highest BCUT2D eigenvalue weighted by atomic mass is 28.4. The highest BCUT2D eigenvalue weighted by Crippen LogP contribution is 2.27. The molecular weight excluding hydrogens is 316 g/mol. The molecule has 0 spiro atoms. The lowest BCUT2D eigenvalue weighted by Crippen LogP contribution is -2.48. The maximum atomic E-state index is 6.38.